The van der Waals surface area contributed by atoms with Crippen molar-refractivity contribution in [3.8, 4) is 5.82 Å². The molecule has 1 aliphatic rings. The second-order valence-corrected chi connectivity index (χ2v) is 7.20. The molecule has 0 spiro atoms. The van der Waals surface area contributed by atoms with Gasteiger partial charge in [-0.25, -0.2) is 4.98 Å². The van der Waals surface area contributed by atoms with Crippen LogP contribution in [0.3, 0.4) is 0 Å². The first kappa shape index (κ1) is 15.9. The van der Waals surface area contributed by atoms with Gasteiger partial charge in [0.2, 0.25) is 0 Å². The van der Waals surface area contributed by atoms with Crippen LogP contribution in [-0.2, 0) is 0 Å². The number of hydrogen-bond donors (Lipinski definition) is 0. The lowest BCUT2D eigenvalue weighted by atomic mass is 10.1. The summed E-state index contributed by atoms with van der Waals surface area (Å²) in [4.78, 5) is 9.17. The third-order valence-electron chi connectivity index (χ3n) is 5.60. The zero-order chi connectivity index (χ0) is 18.5. The first-order valence-corrected chi connectivity index (χ1v) is 9.29. The molecule has 0 saturated heterocycles. The maximum atomic E-state index is 4.61. The first-order valence-electron chi connectivity index (χ1n) is 9.29. The molecule has 0 fully saturated rings. The van der Waals surface area contributed by atoms with Crippen LogP contribution >= 0.6 is 0 Å². The van der Waals surface area contributed by atoms with E-state index in [0.29, 0.717) is 6.17 Å². The fourth-order valence-electron chi connectivity index (χ4n) is 4.02. The summed E-state index contributed by atoms with van der Waals surface area (Å²) in [7, 11) is 2.11. The number of rotatable bonds is 2. The Morgan fingerprint density at radius 3 is 2.44 bits per heavy atom. The van der Waals surface area contributed by atoms with Crippen LogP contribution in [0.5, 0.6) is 0 Å². The largest absolute Gasteiger partial charge is 0.359 e. The van der Waals surface area contributed by atoms with Crippen molar-refractivity contribution in [2.75, 3.05) is 11.9 Å². The van der Waals surface area contributed by atoms with E-state index in [0.717, 1.165) is 5.82 Å². The minimum atomic E-state index is 0.310. The van der Waals surface area contributed by atoms with E-state index < -0.39 is 0 Å². The Bertz CT molecular complexity index is 1170. The second kappa shape index (κ2) is 5.88. The van der Waals surface area contributed by atoms with Gasteiger partial charge in [0.15, 0.2) is 0 Å². The van der Waals surface area contributed by atoms with Gasteiger partial charge in [-0.05, 0) is 49.7 Å². The average Bonchev–Trinajstić information content (AvgIpc) is 3.19. The number of aromatic nitrogens is 2. The van der Waals surface area contributed by atoms with E-state index in [4.69, 9.17) is 0 Å². The van der Waals surface area contributed by atoms with Crippen LogP contribution in [0.1, 0.15) is 12.5 Å². The highest BCUT2D eigenvalue weighted by atomic mass is 15.4. The number of fused-ring (bicyclic) bond motifs is 3. The predicted molar refractivity (Wildman–Crippen MR) is 112 cm³/mol. The summed E-state index contributed by atoms with van der Waals surface area (Å²) >= 11 is 0. The number of anilines is 1. The fraction of sp³-hybridized carbons (Fsp3) is 0.174. The van der Waals surface area contributed by atoms with Gasteiger partial charge in [-0.2, -0.15) is 0 Å². The summed E-state index contributed by atoms with van der Waals surface area (Å²) in [6.45, 7) is 4.41. The monoisotopic (exact) mass is 354 g/mol. The zero-order valence-corrected chi connectivity index (χ0v) is 15.8. The van der Waals surface area contributed by atoms with Crippen molar-refractivity contribution in [2.45, 2.75) is 20.0 Å². The van der Waals surface area contributed by atoms with Gasteiger partial charge in [-0.3, -0.25) is 4.57 Å². The molecule has 3 heterocycles. The molecule has 4 aromatic rings. The summed E-state index contributed by atoms with van der Waals surface area (Å²) in [5, 5.41) is 2.51. The standard InChI is InChI=1S/C23H22N4/c1-16-14-22-19(15-21(16)26-13-12-25(3)17(26)2)18-8-4-5-9-20(18)27(22)23-10-6-7-11-24-23/h4-15,17H,1-3H3/t17-/m0/s1. The topological polar surface area (TPSA) is 24.3 Å². The third kappa shape index (κ3) is 2.33. The van der Waals surface area contributed by atoms with Gasteiger partial charge in [0.25, 0.3) is 0 Å². The van der Waals surface area contributed by atoms with Crippen LogP contribution in [0, 0.1) is 6.92 Å². The molecule has 0 unspecified atom stereocenters. The van der Waals surface area contributed by atoms with E-state index in [1.165, 1.54) is 33.1 Å². The van der Waals surface area contributed by atoms with Crippen molar-refractivity contribution in [3.05, 3.63) is 78.8 Å². The van der Waals surface area contributed by atoms with Crippen LogP contribution in [-0.4, -0.2) is 27.7 Å². The van der Waals surface area contributed by atoms with Crippen molar-refractivity contribution >= 4 is 27.5 Å². The lowest BCUT2D eigenvalue weighted by Crippen LogP contribution is -2.33. The highest BCUT2D eigenvalue weighted by Gasteiger charge is 2.23. The molecule has 4 nitrogen and oxygen atoms in total. The maximum absolute atomic E-state index is 4.61. The molecule has 4 heteroatoms. The van der Waals surface area contributed by atoms with E-state index in [1.54, 1.807) is 0 Å². The molecule has 0 bridgehead atoms. The molecule has 0 radical (unpaired) electrons. The predicted octanol–water partition coefficient (Wildman–Crippen LogP) is 5.06. The number of benzene rings is 2. The van der Waals surface area contributed by atoms with Gasteiger partial charge in [0, 0.05) is 42.1 Å². The Morgan fingerprint density at radius 2 is 1.70 bits per heavy atom. The maximum Gasteiger partial charge on any atom is 0.137 e. The summed E-state index contributed by atoms with van der Waals surface area (Å²) in [6, 6.07) is 19.2. The molecular formula is C23H22N4. The lowest BCUT2D eigenvalue weighted by molar-refractivity contribution is 0.383. The summed E-state index contributed by atoms with van der Waals surface area (Å²) in [5.41, 5.74) is 4.89. The van der Waals surface area contributed by atoms with E-state index >= 15 is 0 Å². The fourth-order valence-corrected chi connectivity index (χ4v) is 4.02. The van der Waals surface area contributed by atoms with Crippen molar-refractivity contribution in [3.63, 3.8) is 0 Å². The minimum Gasteiger partial charge on any atom is -0.359 e. The van der Waals surface area contributed by atoms with E-state index in [2.05, 4.69) is 95.1 Å². The van der Waals surface area contributed by atoms with Gasteiger partial charge < -0.3 is 9.80 Å². The van der Waals surface area contributed by atoms with Crippen LogP contribution in [0.4, 0.5) is 5.69 Å². The smallest absolute Gasteiger partial charge is 0.137 e. The molecule has 1 aliphatic heterocycles. The quantitative estimate of drug-likeness (QED) is 0.503. The van der Waals surface area contributed by atoms with Crippen LogP contribution in [0.2, 0.25) is 0 Å². The molecule has 5 rings (SSSR count). The lowest BCUT2D eigenvalue weighted by Gasteiger charge is -2.28. The van der Waals surface area contributed by atoms with Crippen molar-refractivity contribution in [1.82, 2.24) is 14.5 Å². The zero-order valence-electron chi connectivity index (χ0n) is 15.8. The molecule has 0 saturated carbocycles. The summed E-state index contributed by atoms with van der Waals surface area (Å²) in [5.74, 6) is 0.949. The Morgan fingerprint density at radius 1 is 0.889 bits per heavy atom. The first-order chi connectivity index (χ1) is 13.1. The van der Waals surface area contributed by atoms with Crippen molar-refractivity contribution < 1.29 is 0 Å². The Labute approximate surface area is 159 Å². The van der Waals surface area contributed by atoms with Gasteiger partial charge in [-0.1, -0.05) is 24.3 Å². The van der Waals surface area contributed by atoms with Crippen molar-refractivity contribution in [1.29, 1.82) is 0 Å². The second-order valence-electron chi connectivity index (χ2n) is 7.20. The number of para-hydroxylation sites is 1. The van der Waals surface area contributed by atoms with E-state index in [1.807, 2.05) is 18.3 Å². The minimum absolute atomic E-state index is 0.310. The molecule has 0 aliphatic carbocycles. The Hall–Kier alpha value is -3.27. The van der Waals surface area contributed by atoms with Crippen LogP contribution in [0.25, 0.3) is 27.6 Å². The highest BCUT2D eigenvalue weighted by Crippen LogP contribution is 2.37. The Kier molecular flexibility index (Phi) is 3.47. The molecule has 0 amide bonds. The van der Waals surface area contributed by atoms with Crippen molar-refractivity contribution in [2.24, 2.45) is 0 Å². The average molecular weight is 354 g/mol. The van der Waals surface area contributed by atoms with Gasteiger partial charge >= 0.3 is 0 Å². The third-order valence-corrected chi connectivity index (χ3v) is 5.60. The highest BCUT2D eigenvalue weighted by molar-refractivity contribution is 6.10. The number of nitrogens with zero attached hydrogens (tertiary/aromatic N) is 4. The Balaban J connectivity index is 1.82. The van der Waals surface area contributed by atoms with Gasteiger partial charge in [-0.15, -0.1) is 0 Å². The molecule has 134 valence electrons. The summed E-state index contributed by atoms with van der Waals surface area (Å²) in [6.07, 6.45) is 6.46. The molecule has 0 N–H and O–H groups in total. The molecule has 1 atom stereocenters. The summed E-state index contributed by atoms with van der Waals surface area (Å²) < 4.78 is 2.26. The molecular weight excluding hydrogens is 332 g/mol. The van der Waals surface area contributed by atoms with Gasteiger partial charge in [0.1, 0.15) is 12.0 Å². The SMILES string of the molecule is Cc1cc2c(cc1N1C=CN(C)[C@@H]1C)c1ccccc1n2-c1ccccn1. The van der Waals surface area contributed by atoms with Crippen LogP contribution < -0.4 is 4.90 Å². The van der Waals surface area contributed by atoms with E-state index in [-0.39, 0.29) is 0 Å². The van der Waals surface area contributed by atoms with Crippen LogP contribution in [0.15, 0.2) is 73.2 Å². The molecule has 27 heavy (non-hydrogen) atoms. The number of aryl methyl sites for hydroxylation is 1. The van der Waals surface area contributed by atoms with E-state index in [9.17, 15) is 0 Å². The number of hydrogen-bond acceptors (Lipinski definition) is 3. The normalized spacial score (nSPS) is 16.8. The molecule has 2 aromatic heterocycles. The number of pyridine rings is 1. The molecule has 2 aromatic carbocycles. The van der Waals surface area contributed by atoms with Gasteiger partial charge in [0.05, 0.1) is 11.0 Å².